The third kappa shape index (κ3) is 7.87. The Kier molecular flexibility index (Phi) is 9.24. The first-order chi connectivity index (χ1) is 9.65. The largest absolute Gasteiger partial charge is 0.465 e. The third-order valence-corrected chi connectivity index (χ3v) is 4.04. The maximum Gasteiger partial charge on any atom is 0.453 e. The van der Waals surface area contributed by atoms with Gasteiger partial charge in [0, 0.05) is 12.2 Å². The Bertz CT molecular complexity index is 307. The fourth-order valence-corrected chi connectivity index (χ4v) is 2.75. The predicted octanol–water partition coefficient (Wildman–Crippen LogP) is 4.82. The van der Waals surface area contributed by atoms with E-state index in [1.807, 2.05) is 6.92 Å². The average molecular weight is 336 g/mol. The van der Waals surface area contributed by atoms with Crippen molar-refractivity contribution in [1.29, 1.82) is 0 Å². The molecule has 0 saturated carbocycles. The van der Waals surface area contributed by atoms with E-state index in [-0.39, 0.29) is 6.61 Å². The molecule has 0 bridgehead atoms. The first-order valence-corrected chi connectivity index (χ1v) is 7.93. The molecule has 0 rings (SSSR count). The van der Waals surface area contributed by atoms with Gasteiger partial charge >= 0.3 is 18.1 Å². The van der Waals surface area contributed by atoms with Gasteiger partial charge in [-0.15, -0.1) is 11.8 Å². The molecule has 0 aliphatic rings. The Morgan fingerprint density at radius 3 is 2.24 bits per heavy atom. The molecule has 0 radical (unpaired) electrons. The number of esters is 1. The molecule has 0 aromatic carbocycles. The van der Waals surface area contributed by atoms with Crippen LogP contribution in [0.25, 0.3) is 0 Å². The van der Waals surface area contributed by atoms with Gasteiger partial charge in [0.15, 0.2) is 0 Å². The molecule has 21 heavy (non-hydrogen) atoms. The van der Waals surface area contributed by atoms with Gasteiger partial charge in [0.1, 0.15) is 5.25 Å². The van der Waals surface area contributed by atoms with Crippen molar-refractivity contribution in [2.45, 2.75) is 63.3 Å². The Hall–Kier alpha value is -0.530. The maximum absolute atomic E-state index is 12.8. The molecule has 0 aromatic heterocycles. The molecule has 0 amide bonds. The lowest BCUT2D eigenvalue weighted by Gasteiger charge is -2.20. The minimum Gasteiger partial charge on any atom is -0.465 e. The van der Waals surface area contributed by atoms with Crippen LogP contribution in [-0.4, -0.2) is 35.7 Å². The second-order valence-corrected chi connectivity index (χ2v) is 5.87. The standard InChI is InChI=1S/C13H21F5O2S/c1-3-5-6-7-10(11(19)20-4-2)21-9-8-12(14,15)13(16,17)18/h10H,3-9H2,1-2H3. The lowest BCUT2D eigenvalue weighted by atomic mass is 10.1. The number of ether oxygens (including phenoxy) is 1. The minimum absolute atomic E-state index is 0.155. The van der Waals surface area contributed by atoms with Gasteiger partial charge in [-0.1, -0.05) is 26.2 Å². The lowest BCUT2D eigenvalue weighted by molar-refractivity contribution is -0.282. The molecular formula is C13H21F5O2S. The second-order valence-electron chi connectivity index (χ2n) is 4.56. The summed E-state index contributed by atoms with van der Waals surface area (Å²) in [6.07, 6.45) is -3.95. The van der Waals surface area contributed by atoms with E-state index in [0.29, 0.717) is 12.8 Å². The quantitative estimate of drug-likeness (QED) is 0.325. The highest BCUT2D eigenvalue weighted by molar-refractivity contribution is 8.00. The maximum atomic E-state index is 12.8. The van der Waals surface area contributed by atoms with Crippen molar-refractivity contribution in [3.05, 3.63) is 0 Å². The number of halogens is 5. The zero-order valence-corrected chi connectivity index (χ0v) is 13.0. The van der Waals surface area contributed by atoms with Crippen LogP contribution < -0.4 is 0 Å². The van der Waals surface area contributed by atoms with Gasteiger partial charge in [0.2, 0.25) is 0 Å². The highest BCUT2D eigenvalue weighted by Gasteiger charge is 2.56. The third-order valence-electron chi connectivity index (χ3n) is 2.77. The summed E-state index contributed by atoms with van der Waals surface area (Å²) in [6.45, 7) is 3.74. The first kappa shape index (κ1) is 20.5. The van der Waals surface area contributed by atoms with Gasteiger partial charge in [-0.25, -0.2) is 0 Å². The second kappa shape index (κ2) is 9.48. The van der Waals surface area contributed by atoms with Crippen molar-refractivity contribution in [2.24, 2.45) is 0 Å². The summed E-state index contributed by atoms with van der Waals surface area (Å²) >= 11 is 0.808. The van der Waals surface area contributed by atoms with Crippen LogP contribution in [0.3, 0.4) is 0 Å². The minimum atomic E-state index is -5.55. The summed E-state index contributed by atoms with van der Waals surface area (Å²) in [6, 6.07) is 0. The molecule has 8 heteroatoms. The van der Waals surface area contributed by atoms with E-state index < -0.39 is 35.5 Å². The first-order valence-electron chi connectivity index (χ1n) is 6.88. The number of alkyl halides is 5. The molecule has 2 nitrogen and oxygen atoms in total. The van der Waals surface area contributed by atoms with Crippen LogP contribution in [0, 0.1) is 0 Å². The smallest absolute Gasteiger partial charge is 0.453 e. The molecule has 0 fully saturated rings. The average Bonchev–Trinajstić information content (AvgIpc) is 2.36. The van der Waals surface area contributed by atoms with Gasteiger partial charge in [0.25, 0.3) is 0 Å². The van der Waals surface area contributed by atoms with Crippen LogP contribution in [0.15, 0.2) is 0 Å². The fraction of sp³-hybridized carbons (Fsp3) is 0.923. The summed E-state index contributed by atoms with van der Waals surface area (Å²) in [4.78, 5) is 11.6. The molecule has 0 saturated heterocycles. The van der Waals surface area contributed by atoms with E-state index in [9.17, 15) is 26.7 Å². The van der Waals surface area contributed by atoms with Crippen molar-refractivity contribution in [3.63, 3.8) is 0 Å². The lowest BCUT2D eigenvalue weighted by Crippen LogP contribution is -2.37. The molecule has 1 atom stereocenters. The predicted molar refractivity (Wildman–Crippen MR) is 72.6 cm³/mol. The molecule has 0 aliphatic heterocycles. The zero-order valence-electron chi connectivity index (χ0n) is 12.1. The van der Waals surface area contributed by atoms with E-state index in [4.69, 9.17) is 4.74 Å². The molecule has 0 N–H and O–H groups in total. The Balaban J connectivity index is 4.37. The molecular weight excluding hydrogens is 315 g/mol. The monoisotopic (exact) mass is 336 g/mol. The van der Waals surface area contributed by atoms with Crippen LogP contribution >= 0.6 is 11.8 Å². The number of hydrogen-bond donors (Lipinski definition) is 0. The van der Waals surface area contributed by atoms with E-state index in [0.717, 1.165) is 24.6 Å². The molecule has 126 valence electrons. The van der Waals surface area contributed by atoms with Crippen molar-refractivity contribution in [1.82, 2.24) is 0 Å². The zero-order chi connectivity index (χ0) is 16.5. The van der Waals surface area contributed by atoms with Gasteiger partial charge in [-0.05, 0) is 13.3 Å². The molecule has 1 unspecified atom stereocenters. The van der Waals surface area contributed by atoms with Gasteiger partial charge in [0.05, 0.1) is 6.61 Å². The van der Waals surface area contributed by atoms with Crippen molar-refractivity contribution >= 4 is 17.7 Å². The van der Waals surface area contributed by atoms with Crippen molar-refractivity contribution in [3.8, 4) is 0 Å². The Morgan fingerprint density at radius 2 is 1.76 bits per heavy atom. The summed E-state index contributed by atoms with van der Waals surface area (Å²) in [5.41, 5.74) is 0. The van der Waals surface area contributed by atoms with Crippen molar-refractivity contribution in [2.75, 3.05) is 12.4 Å². The van der Waals surface area contributed by atoms with Crippen LogP contribution in [0.4, 0.5) is 22.0 Å². The molecule has 0 aliphatic carbocycles. The number of hydrogen-bond acceptors (Lipinski definition) is 3. The molecule has 0 spiro atoms. The van der Waals surface area contributed by atoms with Gasteiger partial charge < -0.3 is 4.74 Å². The number of unbranched alkanes of at least 4 members (excludes halogenated alkanes) is 2. The summed E-state index contributed by atoms with van der Waals surface area (Å²) in [5.74, 6) is -5.71. The molecule has 0 aromatic rings. The normalized spacial score (nSPS) is 14.0. The molecule has 0 heterocycles. The fourth-order valence-electron chi connectivity index (χ4n) is 1.56. The number of rotatable bonds is 10. The Labute approximate surface area is 125 Å². The number of thioether (sulfide) groups is 1. The van der Waals surface area contributed by atoms with Crippen molar-refractivity contribution < 1.29 is 31.5 Å². The van der Waals surface area contributed by atoms with E-state index in [1.165, 1.54) is 0 Å². The summed E-state index contributed by atoms with van der Waals surface area (Å²) < 4.78 is 66.5. The van der Waals surface area contributed by atoms with E-state index in [1.54, 1.807) is 6.92 Å². The highest BCUT2D eigenvalue weighted by Crippen LogP contribution is 2.39. The van der Waals surface area contributed by atoms with Gasteiger partial charge in [-0.3, -0.25) is 4.79 Å². The Morgan fingerprint density at radius 1 is 1.14 bits per heavy atom. The van der Waals surface area contributed by atoms with Gasteiger partial charge in [-0.2, -0.15) is 22.0 Å². The topological polar surface area (TPSA) is 26.3 Å². The van der Waals surface area contributed by atoms with Crippen LogP contribution in [-0.2, 0) is 9.53 Å². The van der Waals surface area contributed by atoms with Crippen LogP contribution in [0.1, 0.15) is 46.0 Å². The van der Waals surface area contributed by atoms with E-state index in [2.05, 4.69) is 0 Å². The van der Waals surface area contributed by atoms with Crippen LogP contribution in [0.2, 0.25) is 0 Å². The van der Waals surface area contributed by atoms with E-state index >= 15 is 0 Å². The number of carbonyl (C=O) groups excluding carboxylic acids is 1. The number of carbonyl (C=O) groups is 1. The summed E-state index contributed by atoms with van der Waals surface area (Å²) in [7, 11) is 0. The summed E-state index contributed by atoms with van der Waals surface area (Å²) in [5, 5.41) is -0.680. The highest BCUT2D eigenvalue weighted by atomic mass is 32.2. The van der Waals surface area contributed by atoms with Crippen LogP contribution in [0.5, 0.6) is 0 Å². The SMILES string of the molecule is CCCCCC(SCCC(F)(F)C(F)(F)F)C(=O)OCC.